The minimum atomic E-state index is -1.25. The van der Waals surface area contributed by atoms with Crippen LogP contribution in [0.5, 0.6) is 0 Å². The number of likely N-dealkylation sites (N-methyl/N-ethyl adjacent to an activating group) is 2. The Balaban J connectivity index is 0.000000199. The third-order valence-corrected chi connectivity index (χ3v) is 17.1. The Labute approximate surface area is 505 Å². The summed E-state index contributed by atoms with van der Waals surface area (Å²) in [6.07, 6.45) is 3.27. The molecule has 458 valence electrons. The van der Waals surface area contributed by atoms with Gasteiger partial charge in [0.2, 0.25) is 11.8 Å². The first kappa shape index (κ1) is 61.2. The van der Waals surface area contributed by atoms with Crippen molar-refractivity contribution in [3.8, 4) is 0 Å². The van der Waals surface area contributed by atoms with Gasteiger partial charge in [-0.05, 0) is 118 Å². The summed E-state index contributed by atoms with van der Waals surface area (Å²) in [4.78, 5) is 128. The summed E-state index contributed by atoms with van der Waals surface area (Å²) in [6.45, 7) is 11.5. The van der Waals surface area contributed by atoms with Gasteiger partial charge in [-0.25, -0.2) is 23.2 Å². The van der Waals surface area contributed by atoms with Crippen LogP contribution in [0.15, 0.2) is 116 Å². The molecule has 5 aromatic carbocycles. The molecule has 2 spiro atoms. The third kappa shape index (κ3) is 11.4. The molecule has 2 aromatic heterocycles. The first-order valence-electron chi connectivity index (χ1n) is 29.0. The van der Waals surface area contributed by atoms with Gasteiger partial charge in [0.05, 0.1) is 34.6 Å². The number of piperidine rings is 2. The van der Waals surface area contributed by atoms with Crippen LogP contribution < -0.4 is 20.4 Å². The van der Waals surface area contributed by atoms with Crippen molar-refractivity contribution < 1.29 is 56.7 Å². The number of hydrogen-bond donors (Lipinski definition) is 3. The smallest absolute Gasteiger partial charge is 0.435 e. The summed E-state index contributed by atoms with van der Waals surface area (Å²) >= 11 is 0. The standard InChI is InChI=1S/C36H37FN6O6.C28H31FN6O4/c1-22(2)30(39-31(44)27-18-23(3)10-12-28(27)37)32(45)41-16-14-36(15-17-41)33(46)40(4)34(47)42(36)26-11-13-29-25(19-26)20-38-43(29)35(48)49-21-24-8-6-5-7-9-24;1-16(2)23(31-24(36)20-13-17(3)5-7-21(20)29)25(37)34-11-9-28(10-12-34)26(38)33(4)27(39)35(28)19-6-8-22-18(14-19)15-30-32-22/h5-13,18-20,22,30H,14-17,21H2,1-4H3,(H,39,44);5-8,13-16,23H,9-12H2,1-4H3,(H,30,32)(H,31,36)/t30-;23-/m11/s1. The molecule has 10 amide bonds. The highest BCUT2D eigenvalue weighted by Gasteiger charge is 2.59. The Morgan fingerprint density at radius 1 is 0.602 bits per heavy atom. The van der Waals surface area contributed by atoms with Gasteiger partial charge >= 0.3 is 18.2 Å². The molecule has 4 fully saturated rings. The number of nitrogens with one attached hydrogen (secondary N) is 3. The summed E-state index contributed by atoms with van der Waals surface area (Å²) in [5.74, 6) is -4.59. The lowest BCUT2D eigenvalue weighted by Gasteiger charge is -2.43. The molecule has 0 aliphatic carbocycles. The molecule has 3 N–H and O–H groups in total. The monoisotopic (exact) mass is 1200 g/mol. The number of carbonyl (C=O) groups is 9. The maximum atomic E-state index is 14.4. The number of anilines is 2. The molecule has 7 aromatic rings. The van der Waals surface area contributed by atoms with E-state index in [2.05, 4.69) is 25.9 Å². The van der Waals surface area contributed by atoms with Crippen LogP contribution in [0.3, 0.4) is 0 Å². The predicted molar refractivity (Wildman–Crippen MR) is 321 cm³/mol. The second-order valence-corrected chi connectivity index (χ2v) is 23.5. The Hall–Kier alpha value is -9.87. The SMILES string of the molecule is Cc1ccc(F)c(C(=O)N[C@@H](C(=O)N2CCC3(CC2)C(=O)N(C)C(=O)N3c2ccc3[nH]ncc3c2)C(C)C)c1.Cc1ccc(F)c(C(=O)N[C@@H](C(=O)N2CCC3(CC2)C(=O)N(C)C(=O)N3c2ccc3c(cnn3C(=O)OCc3ccccc3)c2)C(C)C)c1. The number of benzene rings is 5. The Morgan fingerprint density at radius 3 is 1.55 bits per heavy atom. The Kier molecular flexibility index (Phi) is 17.0. The number of ether oxygens (including phenoxy) is 1. The van der Waals surface area contributed by atoms with E-state index in [-0.39, 0.29) is 105 Å². The number of amides is 10. The van der Waals surface area contributed by atoms with Crippen molar-refractivity contribution in [2.24, 2.45) is 11.8 Å². The number of aromatic amines is 1. The van der Waals surface area contributed by atoms with Gasteiger partial charge in [0.15, 0.2) is 0 Å². The molecule has 4 saturated heterocycles. The highest BCUT2D eigenvalue weighted by molar-refractivity contribution is 6.18. The largest absolute Gasteiger partial charge is 0.443 e. The molecular weight excluding hydrogens is 1130 g/mol. The number of aromatic nitrogens is 4. The van der Waals surface area contributed by atoms with Crippen LogP contribution >= 0.6 is 0 Å². The number of carbonyl (C=O) groups excluding carboxylic acids is 9. The first-order valence-corrected chi connectivity index (χ1v) is 29.0. The van der Waals surface area contributed by atoms with Crippen molar-refractivity contribution >= 4 is 86.8 Å². The lowest BCUT2D eigenvalue weighted by atomic mass is 9.85. The number of halogens is 2. The topological polar surface area (TPSA) is 253 Å². The van der Waals surface area contributed by atoms with Crippen molar-refractivity contribution in [1.82, 2.24) is 50.2 Å². The number of hydrogen-bond acceptors (Lipinski definition) is 12. The molecule has 0 saturated carbocycles. The predicted octanol–water partition coefficient (Wildman–Crippen LogP) is 8.11. The van der Waals surface area contributed by atoms with Crippen LogP contribution in [0.4, 0.5) is 34.5 Å². The van der Waals surface area contributed by atoms with E-state index in [1.165, 1.54) is 54.4 Å². The number of H-pyrrole nitrogens is 1. The summed E-state index contributed by atoms with van der Waals surface area (Å²) in [7, 11) is 2.90. The first-order chi connectivity index (χ1) is 41.9. The second-order valence-electron chi connectivity index (χ2n) is 23.5. The van der Waals surface area contributed by atoms with Crippen molar-refractivity contribution in [2.75, 3.05) is 50.1 Å². The lowest BCUT2D eigenvalue weighted by Crippen LogP contribution is -2.60. The number of urea groups is 2. The van der Waals surface area contributed by atoms with Gasteiger partial charge in [0.25, 0.3) is 23.6 Å². The van der Waals surface area contributed by atoms with E-state index in [1.54, 1.807) is 80.1 Å². The molecule has 11 rings (SSSR count). The molecule has 88 heavy (non-hydrogen) atoms. The molecular formula is C64H68F2N12O10. The number of aryl methyl sites for hydroxylation is 2. The molecule has 0 radical (unpaired) electrons. The minimum absolute atomic E-state index is 0.0768. The average molecular weight is 1200 g/mol. The van der Waals surface area contributed by atoms with Gasteiger partial charge in [-0.1, -0.05) is 81.3 Å². The van der Waals surface area contributed by atoms with E-state index in [1.807, 2.05) is 56.3 Å². The van der Waals surface area contributed by atoms with E-state index in [9.17, 15) is 51.9 Å². The quantitative estimate of drug-likeness (QED) is 0.0982. The molecule has 0 unspecified atom stereocenters. The van der Waals surface area contributed by atoms with Gasteiger partial charge in [-0.15, -0.1) is 0 Å². The number of likely N-dealkylation sites (tertiary alicyclic amines) is 2. The number of nitrogens with zero attached hydrogens (tertiary/aromatic N) is 9. The number of imide groups is 2. The van der Waals surface area contributed by atoms with Crippen LogP contribution in [-0.4, -0.2) is 157 Å². The highest BCUT2D eigenvalue weighted by atomic mass is 19.1. The zero-order chi connectivity index (χ0) is 63.1. The maximum absolute atomic E-state index is 14.4. The highest BCUT2D eigenvalue weighted by Crippen LogP contribution is 2.43. The van der Waals surface area contributed by atoms with Crippen molar-refractivity contribution in [3.63, 3.8) is 0 Å². The fraction of sp³-hybridized carbons (Fsp3) is 0.359. The van der Waals surface area contributed by atoms with E-state index in [0.29, 0.717) is 27.8 Å². The van der Waals surface area contributed by atoms with E-state index in [4.69, 9.17) is 4.74 Å². The third-order valence-electron chi connectivity index (χ3n) is 17.1. The van der Waals surface area contributed by atoms with Crippen LogP contribution in [-0.2, 0) is 30.5 Å². The molecule has 6 heterocycles. The zero-order valence-corrected chi connectivity index (χ0v) is 50.0. The second kappa shape index (κ2) is 24.5. The van der Waals surface area contributed by atoms with Crippen LogP contribution in [0.2, 0.25) is 0 Å². The van der Waals surface area contributed by atoms with Crippen LogP contribution in [0.1, 0.15) is 90.8 Å². The molecule has 4 aliphatic rings. The van der Waals surface area contributed by atoms with E-state index < -0.39 is 64.8 Å². The summed E-state index contributed by atoms with van der Waals surface area (Å²) in [6, 6.07) is 25.4. The summed E-state index contributed by atoms with van der Waals surface area (Å²) < 4.78 is 35.3. The van der Waals surface area contributed by atoms with Crippen molar-refractivity contribution in [2.45, 2.75) is 97.0 Å². The summed E-state index contributed by atoms with van der Waals surface area (Å²) in [5, 5.41) is 17.9. The maximum Gasteiger partial charge on any atom is 0.435 e. The van der Waals surface area contributed by atoms with Crippen molar-refractivity contribution in [1.29, 1.82) is 0 Å². The van der Waals surface area contributed by atoms with Gasteiger partial charge in [0, 0.05) is 62.4 Å². The number of rotatable bonds is 12. The Morgan fingerprint density at radius 2 is 1.07 bits per heavy atom. The molecule has 24 heteroatoms. The average Bonchev–Trinajstić information content (AvgIpc) is 1.68. The van der Waals surface area contributed by atoms with Gasteiger partial charge < -0.3 is 25.2 Å². The zero-order valence-electron chi connectivity index (χ0n) is 50.0. The number of fused-ring (bicyclic) bond motifs is 2. The normalized spacial score (nSPS) is 17.1. The van der Waals surface area contributed by atoms with Crippen LogP contribution in [0, 0.1) is 37.3 Å². The molecule has 2 atom stereocenters. The minimum Gasteiger partial charge on any atom is -0.443 e. The molecule has 22 nitrogen and oxygen atoms in total. The fourth-order valence-corrected chi connectivity index (χ4v) is 12.1. The van der Waals surface area contributed by atoms with Gasteiger partial charge in [0.1, 0.15) is 41.4 Å². The fourth-order valence-electron chi connectivity index (χ4n) is 12.1. The van der Waals surface area contributed by atoms with Gasteiger partial charge in [-0.2, -0.15) is 14.9 Å². The van der Waals surface area contributed by atoms with Gasteiger partial charge in [-0.3, -0.25) is 53.5 Å². The van der Waals surface area contributed by atoms with Crippen molar-refractivity contribution in [3.05, 3.63) is 155 Å². The van der Waals surface area contributed by atoms with Crippen LogP contribution in [0.25, 0.3) is 21.8 Å². The van der Waals surface area contributed by atoms with E-state index >= 15 is 0 Å². The lowest BCUT2D eigenvalue weighted by molar-refractivity contribution is -0.139. The molecule has 4 aliphatic heterocycles. The van der Waals surface area contributed by atoms with E-state index in [0.717, 1.165) is 36.5 Å². The Bertz CT molecular complexity index is 3930. The summed E-state index contributed by atoms with van der Waals surface area (Å²) in [5.41, 5.74) is 1.94. The molecule has 0 bridgehead atoms.